The first kappa shape index (κ1) is 15.9. The lowest BCUT2D eigenvalue weighted by Crippen LogP contribution is -2.25. The Balaban J connectivity index is 1.66. The smallest absolute Gasteiger partial charge is 0.255 e. The van der Waals surface area contributed by atoms with Crippen LogP contribution in [0.2, 0.25) is 0 Å². The van der Waals surface area contributed by atoms with Crippen LogP contribution in [0.25, 0.3) is 11.3 Å². The largest absolute Gasteiger partial charge is 0.352 e. The lowest BCUT2D eigenvalue weighted by molar-refractivity contribution is 0.0955. The van der Waals surface area contributed by atoms with Crippen molar-refractivity contribution in [2.45, 2.75) is 6.42 Å². The molecule has 0 aliphatic rings. The second kappa shape index (κ2) is 7.06. The van der Waals surface area contributed by atoms with Crippen LogP contribution in [-0.4, -0.2) is 22.6 Å². The number of hydrogen-bond acceptors (Lipinski definition) is 3. The number of rotatable bonds is 5. The van der Waals surface area contributed by atoms with Crippen molar-refractivity contribution in [3.8, 4) is 11.3 Å². The van der Waals surface area contributed by atoms with E-state index in [0.717, 1.165) is 15.8 Å². The van der Waals surface area contributed by atoms with E-state index in [1.165, 1.54) is 23.2 Å². The van der Waals surface area contributed by atoms with Gasteiger partial charge in [-0.25, -0.2) is 4.39 Å². The molecule has 118 valence electrons. The number of halogens is 2. The predicted molar refractivity (Wildman–Crippen MR) is 92.0 cm³/mol. The zero-order valence-corrected chi connectivity index (χ0v) is 14.4. The van der Waals surface area contributed by atoms with E-state index in [0.29, 0.717) is 17.8 Å². The van der Waals surface area contributed by atoms with Crippen LogP contribution in [-0.2, 0) is 6.42 Å². The number of amides is 1. The Hall–Kier alpha value is -1.99. The maximum absolute atomic E-state index is 13.0. The van der Waals surface area contributed by atoms with Gasteiger partial charge < -0.3 is 5.32 Å². The highest BCUT2D eigenvalue weighted by Gasteiger charge is 2.15. The fourth-order valence-corrected chi connectivity index (χ4v) is 3.66. The van der Waals surface area contributed by atoms with Gasteiger partial charge in [-0.05, 0) is 58.7 Å². The Bertz CT molecular complexity index is 813. The molecule has 0 saturated heterocycles. The van der Waals surface area contributed by atoms with Gasteiger partial charge in [-0.15, -0.1) is 11.3 Å². The van der Waals surface area contributed by atoms with E-state index in [2.05, 4.69) is 31.4 Å². The van der Waals surface area contributed by atoms with Gasteiger partial charge in [-0.1, -0.05) is 0 Å². The molecule has 0 fully saturated rings. The molecule has 3 rings (SSSR count). The van der Waals surface area contributed by atoms with Crippen molar-refractivity contribution < 1.29 is 9.18 Å². The quantitative estimate of drug-likeness (QED) is 0.687. The van der Waals surface area contributed by atoms with Crippen LogP contribution in [0, 0.1) is 5.82 Å². The molecule has 2 N–H and O–H groups in total. The Morgan fingerprint density at radius 1 is 1.26 bits per heavy atom. The van der Waals surface area contributed by atoms with Crippen LogP contribution in [0.15, 0.2) is 46.4 Å². The third kappa shape index (κ3) is 3.86. The second-order valence-corrected chi connectivity index (χ2v) is 7.42. The summed E-state index contributed by atoms with van der Waals surface area (Å²) < 4.78 is 14.1. The van der Waals surface area contributed by atoms with E-state index in [1.54, 1.807) is 23.5 Å². The van der Waals surface area contributed by atoms with Gasteiger partial charge in [-0.3, -0.25) is 9.89 Å². The summed E-state index contributed by atoms with van der Waals surface area (Å²) in [5, 5.41) is 9.61. The van der Waals surface area contributed by atoms with Crippen molar-refractivity contribution in [2.75, 3.05) is 6.54 Å². The molecule has 0 atom stereocenters. The van der Waals surface area contributed by atoms with Crippen LogP contribution in [0.4, 0.5) is 4.39 Å². The number of carbonyl (C=O) groups excluding carboxylic acids is 1. The molecular formula is C16H13BrFN3OS. The van der Waals surface area contributed by atoms with Crippen molar-refractivity contribution in [1.29, 1.82) is 0 Å². The van der Waals surface area contributed by atoms with Crippen LogP contribution in [0.3, 0.4) is 0 Å². The van der Waals surface area contributed by atoms with E-state index in [9.17, 15) is 9.18 Å². The number of carbonyl (C=O) groups is 1. The van der Waals surface area contributed by atoms with Crippen molar-refractivity contribution in [3.05, 3.63) is 62.6 Å². The van der Waals surface area contributed by atoms with Crippen molar-refractivity contribution in [2.24, 2.45) is 0 Å². The van der Waals surface area contributed by atoms with Gasteiger partial charge in [0.1, 0.15) is 5.82 Å². The molecule has 1 aromatic carbocycles. The molecule has 0 bridgehead atoms. The van der Waals surface area contributed by atoms with E-state index >= 15 is 0 Å². The fraction of sp³-hybridized carbons (Fsp3) is 0.125. The first-order chi connectivity index (χ1) is 11.1. The summed E-state index contributed by atoms with van der Waals surface area (Å²) in [6.07, 6.45) is 2.25. The van der Waals surface area contributed by atoms with Crippen molar-refractivity contribution >= 4 is 33.2 Å². The minimum Gasteiger partial charge on any atom is -0.352 e. The monoisotopic (exact) mass is 393 g/mol. The summed E-state index contributed by atoms with van der Waals surface area (Å²) in [5.74, 6) is -0.518. The number of nitrogens with zero attached hydrogens (tertiary/aromatic N) is 1. The summed E-state index contributed by atoms with van der Waals surface area (Å²) in [4.78, 5) is 13.5. The Labute approximate surface area is 144 Å². The highest BCUT2D eigenvalue weighted by atomic mass is 79.9. The van der Waals surface area contributed by atoms with Crippen LogP contribution in [0.5, 0.6) is 0 Å². The third-order valence-corrected chi connectivity index (χ3v) is 4.99. The molecule has 0 aliphatic carbocycles. The van der Waals surface area contributed by atoms with E-state index in [-0.39, 0.29) is 11.7 Å². The molecule has 0 saturated carbocycles. The number of aromatic amines is 1. The van der Waals surface area contributed by atoms with Gasteiger partial charge in [0.05, 0.1) is 21.2 Å². The molecule has 3 aromatic rings. The van der Waals surface area contributed by atoms with Gasteiger partial charge in [-0.2, -0.15) is 5.10 Å². The highest BCUT2D eigenvalue weighted by Crippen LogP contribution is 2.23. The predicted octanol–water partition coefficient (Wildman–Crippen LogP) is 4.01. The van der Waals surface area contributed by atoms with Gasteiger partial charge >= 0.3 is 0 Å². The Morgan fingerprint density at radius 2 is 2.04 bits per heavy atom. The fourth-order valence-electron chi connectivity index (χ4n) is 2.18. The summed E-state index contributed by atoms with van der Waals surface area (Å²) in [6.45, 7) is 0.541. The molecule has 0 unspecified atom stereocenters. The van der Waals surface area contributed by atoms with Crippen LogP contribution >= 0.6 is 27.3 Å². The zero-order chi connectivity index (χ0) is 16.2. The lowest BCUT2D eigenvalue weighted by atomic mass is 10.1. The number of benzene rings is 1. The minimum atomic E-state index is -0.318. The standard InChI is InChI=1S/C16H13BrFN3OS/c17-14-6-5-12(23-14)7-8-19-16(22)13-9-20-21-15(13)10-1-3-11(18)4-2-10/h1-6,9H,7-8H2,(H,19,22)(H,20,21). The molecule has 0 spiro atoms. The minimum absolute atomic E-state index is 0.200. The van der Waals surface area contributed by atoms with E-state index in [4.69, 9.17) is 0 Å². The molecule has 0 aliphatic heterocycles. The van der Waals surface area contributed by atoms with Crippen molar-refractivity contribution in [3.63, 3.8) is 0 Å². The highest BCUT2D eigenvalue weighted by molar-refractivity contribution is 9.11. The molecule has 23 heavy (non-hydrogen) atoms. The zero-order valence-electron chi connectivity index (χ0n) is 12.0. The lowest BCUT2D eigenvalue weighted by Gasteiger charge is -2.05. The summed E-state index contributed by atoms with van der Waals surface area (Å²) in [5.41, 5.74) is 1.75. The van der Waals surface area contributed by atoms with Crippen LogP contribution < -0.4 is 5.32 Å². The maximum atomic E-state index is 13.0. The second-order valence-electron chi connectivity index (χ2n) is 4.88. The number of hydrogen-bond donors (Lipinski definition) is 2. The Kier molecular flexibility index (Phi) is 4.88. The van der Waals surface area contributed by atoms with Gasteiger partial charge in [0.2, 0.25) is 0 Å². The normalized spacial score (nSPS) is 10.7. The Morgan fingerprint density at radius 3 is 2.74 bits per heavy atom. The van der Waals surface area contributed by atoms with Gasteiger partial charge in [0.25, 0.3) is 5.91 Å². The third-order valence-electron chi connectivity index (χ3n) is 3.30. The number of H-pyrrole nitrogens is 1. The first-order valence-corrected chi connectivity index (χ1v) is 8.56. The SMILES string of the molecule is O=C(NCCc1ccc(Br)s1)c1cn[nH]c1-c1ccc(F)cc1. The number of aromatic nitrogens is 2. The summed E-state index contributed by atoms with van der Waals surface area (Å²) in [7, 11) is 0. The average molecular weight is 394 g/mol. The number of thiophene rings is 1. The summed E-state index contributed by atoms with van der Waals surface area (Å²) >= 11 is 5.07. The molecule has 0 radical (unpaired) electrons. The molecule has 7 heteroatoms. The molecule has 2 heterocycles. The summed E-state index contributed by atoms with van der Waals surface area (Å²) in [6, 6.07) is 9.96. The topological polar surface area (TPSA) is 57.8 Å². The van der Waals surface area contributed by atoms with E-state index in [1.807, 2.05) is 12.1 Å². The average Bonchev–Trinajstić information content (AvgIpc) is 3.17. The van der Waals surface area contributed by atoms with Crippen molar-refractivity contribution in [1.82, 2.24) is 15.5 Å². The molecule has 4 nitrogen and oxygen atoms in total. The first-order valence-electron chi connectivity index (χ1n) is 6.95. The molecule has 1 amide bonds. The molecular weight excluding hydrogens is 381 g/mol. The van der Waals surface area contributed by atoms with Crippen LogP contribution in [0.1, 0.15) is 15.2 Å². The van der Waals surface area contributed by atoms with Gasteiger partial charge in [0.15, 0.2) is 0 Å². The van der Waals surface area contributed by atoms with Gasteiger partial charge in [0, 0.05) is 17.0 Å². The maximum Gasteiger partial charge on any atom is 0.255 e. The number of nitrogens with one attached hydrogen (secondary N) is 2. The van der Waals surface area contributed by atoms with E-state index < -0.39 is 0 Å². The molecule has 2 aromatic heterocycles.